The number of morpholine rings is 1. The highest BCUT2D eigenvalue weighted by Gasteiger charge is 2.33. The molecule has 1 aromatic rings. The minimum Gasteiger partial charge on any atom is -0.484 e. The molecule has 1 amide bonds. The van der Waals surface area contributed by atoms with Crippen LogP contribution in [-0.2, 0) is 9.53 Å². The standard InChI is InChI=1S/C15H22N2O3/c1-11-8-17(10-15(2,3)20-11)14(18)9-19-13-6-4-5-12(16)7-13/h4-7,11H,8-10,16H2,1-3H3. The molecule has 0 aliphatic carbocycles. The van der Waals surface area contributed by atoms with Crippen LogP contribution in [0.15, 0.2) is 24.3 Å². The third-order valence-electron chi connectivity index (χ3n) is 3.14. The molecule has 0 aromatic heterocycles. The molecule has 0 radical (unpaired) electrons. The van der Waals surface area contributed by atoms with E-state index in [-0.39, 0.29) is 24.2 Å². The molecule has 0 saturated carbocycles. The second-order valence-electron chi connectivity index (χ2n) is 5.82. The molecule has 5 heteroatoms. The van der Waals surface area contributed by atoms with E-state index in [1.807, 2.05) is 20.8 Å². The molecule has 1 aliphatic heterocycles. The number of hydrogen-bond acceptors (Lipinski definition) is 4. The van der Waals surface area contributed by atoms with Crippen molar-refractivity contribution in [1.29, 1.82) is 0 Å². The number of benzene rings is 1. The Morgan fingerprint density at radius 1 is 1.55 bits per heavy atom. The van der Waals surface area contributed by atoms with Crippen molar-refractivity contribution in [2.75, 3.05) is 25.4 Å². The second-order valence-corrected chi connectivity index (χ2v) is 5.82. The first kappa shape index (κ1) is 14.7. The quantitative estimate of drug-likeness (QED) is 0.854. The second kappa shape index (κ2) is 5.71. The highest BCUT2D eigenvalue weighted by Crippen LogP contribution is 2.21. The number of ether oxygens (including phenoxy) is 2. The van der Waals surface area contributed by atoms with Crippen molar-refractivity contribution in [2.45, 2.75) is 32.5 Å². The smallest absolute Gasteiger partial charge is 0.260 e. The summed E-state index contributed by atoms with van der Waals surface area (Å²) in [5.74, 6) is 0.578. The maximum absolute atomic E-state index is 12.2. The van der Waals surface area contributed by atoms with Gasteiger partial charge < -0.3 is 20.1 Å². The van der Waals surface area contributed by atoms with Gasteiger partial charge in [-0.2, -0.15) is 0 Å². The van der Waals surface area contributed by atoms with Gasteiger partial charge in [0.2, 0.25) is 0 Å². The van der Waals surface area contributed by atoms with Crippen molar-refractivity contribution >= 4 is 11.6 Å². The van der Waals surface area contributed by atoms with Gasteiger partial charge in [0, 0.05) is 24.8 Å². The molecule has 20 heavy (non-hydrogen) atoms. The minimum atomic E-state index is -0.315. The first-order valence-corrected chi connectivity index (χ1v) is 6.80. The number of hydrogen-bond donors (Lipinski definition) is 1. The van der Waals surface area contributed by atoms with E-state index in [2.05, 4.69) is 0 Å². The summed E-state index contributed by atoms with van der Waals surface area (Å²) in [5, 5.41) is 0. The Bertz CT molecular complexity index is 488. The van der Waals surface area contributed by atoms with Gasteiger partial charge in [-0.1, -0.05) is 6.07 Å². The summed E-state index contributed by atoms with van der Waals surface area (Å²) in [7, 11) is 0. The molecule has 1 saturated heterocycles. The molecular weight excluding hydrogens is 256 g/mol. The number of carbonyl (C=O) groups is 1. The van der Waals surface area contributed by atoms with Crippen molar-refractivity contribution in [1.82, 2.24) is 4.90 Å². The van der Waals surface area contributed by atoms with Crippen molar-refractivity contribution in [3.05, 3.63) is 24.3 Å². The molecule has 1 heterocycles. The van der Waals surface area contributed by atoms with Gasteiger partial charge >= 0.3 is 0 Å². The number of rotatable bonds is 3. The first-order chi connectivity index (χ1) is 9.35. The van der Waals surface area contributed by atoms with Crippen LogP contribution in [0.3, 0.4) is 0 Å². The fraction of sp³-hybridized carbons (Fsp3) is 0.533. The van der Waals surface area contributed by atoms with E-state index in [0.29, 0.717) is 24.5 Å². The molecular formula is C15H22N2O3. The van der Waals surface area contributed by atoms with E-state index in [1.54, 1.807) is 29.2 Å². The fourth-order valence-corrected chi connectivity index (χ4v) is 2.48. The topological polar surface area (TPSA) is 64.8 Å². The molecule has 1 fully saturated rings. The van der Waals surface area contributed by atoms with Crippen molar-refractivity contribution in [3.8, 4) is 5.75 Å². The summed E-state index contributed by atoms with van der Waals surface area (Å²) < 4.78 is 11.3. The molecule has 1 aromatic carbocycles. The largest absolute Gasteiger partial charge is 0.484 e. The van der Waals surface area contributed by atoms with Crippen LogP contribution < -0.4 is 10.5 Å². The van der Waals surface area contributed by atoms with Gasteiger partial charge in [-0.3, -0.25) is 4.79 Å². The number of nitrogen functional groups attached to an aromatic ring is 1. The Hall–Kier alpha value is -1.75. The molecule has 1 atom stereocenters. The molecule has 110 valence electrons. The lowest BCUT2D eigenvalue weighted by Crippen LogP contribution is -2.54. The van der Waals surface area contributed by atoms with E-state index >= 15 is 0 Å². The van der Waals surface area contributed by atoms with Gasteiger partial charge in [0.25, 0.3) is 5.91 Å². The molecule has 5 nitrogen and oxygen atoms in total. The number of amides is 1. The number of anilines is 1. The van der Waals surface area contributed by atoms with Crippen molar-refractivity contribution in [2.24, 2.45) is 0 Å². The molecule has 2 rings (SSSR count). The van der Waals surface area contributed by atoms with E-state index in [4.69, 9.17) is 15.2 Å². The lowest BCUT2D eigenvalue weighted by molar-refractivity contribution is -0.159. The summed E-state index contributed by atoms with van der Waals surface area (Å²) >= 11 is 0. The number of nitrogens with two attached hydrogens (primary N) is 1. The van der Waals surface area contributed by atoms with Crippen LogP contribution in [0.5, 0.6) is 5.75 Å². The van der Waals surface area contributed by atoms with Crippen LogP contribution in [0.4, 0.5) is 5.69 Å². The zero-order valence-electron chi connectivity index (χ0n) is 12.3. The van der Waals surface area contributed by atoms with E-state index in [0.717, 1.165) is 0 Å². The average Bonchev–Trinajstić information content (AvgIpc) is 2.33. The van der Waals surface area contributed by atoms with Gasteiger partial charge in [0.15, 0.2) is 6.61 Å². The summed E-state index contributed by atoms with van der Waals surface area (Å²) in [6.07, 6.45) is 0.0371. The molecule has 0 bridgehead atoms. The zero-order valence-corrected chi connectivity index (χ0v) is 12.3. The minimum absolute atomic E-state index is 0.0201. The van der Waals surface area contributed by atoms with Crippen LogP contribution in [0, 0.1) is 0 Å². The van der Waals surface area contributed by atoms with Crippen LogP contribution in [0.2, 0.25) is 0 Å². The zero-order chi connectivity index (χ0) is 14.8. The molecule has 1 unspecified atom stereocenters. The SMILES string of the molecule is CC1CN(C(=O)COc2cccc(N)c2)CC(C)(C)O1. The highest BCUT2D eigenvalue weighted by atomic mass is 16.5. The van der Waals surface area contributed by atoms with Gasteiger partial charge in [-0.15, -0.1) is 0 Å². The first-order valence-electron chi connectivity index (χ1n) is 6.80. The van der Waals surface area contributed by atoms with Gasteiger partial charge in [0.1, 0.15) is 5.75 Å². The number of nitrogens with zero attached hydrogens (tertiary/aromatic N) is 1. The predicted molar refractivity (Wildman–Crippen MR) is 77.6 cm³/mol. The normalized spacial score (nSPS) is 21.6. The maximum atomic E-state index is 12.2. The molecule has 2 N–H and O–H groups in total. The van der Waals surface area contributed by atoms with Crippen molar-refractivity contribution < 1.29 is 14.3 Å². The van der Waals surface area contributed by atoms with Gasteiger partial charge in [0.05, 0.1) is 11.7 Å². The molecule has 0 spiro atoms. The van der Waals surface area contributed by atoms with Crippen LogP contribution in [-0.4, -0.2) is 42.2 Å². The Balaban J connectivity index is 1.91. The van der Waals surface area contributed by atoms with Crippen LogP contribution in [0.1, 0.15) is 20.8 Å². The monoisotopic (exact) mass is 278 g/mol. The number of carbonyl (C=O) groups excluding carboxylic acids is 1. The average molecular weight is 278 g/mol. The van der Waals surface area contributed by atoms with E-state index in [1.165, 1.54) is 0 Å². The lowest BCUT2D eigenvalue weighted by Gasteiger charge is -2.41. The molecule has 1 aliphatic rings. The third kappa shape index (κ3) is 3.87. The summed E-state index contributed by atoms with van der Waals surface area (Å²) in [6, 6.07) is 7.07. The Labute approximate surface area is 119 Å². The van der Waals surface area contributed by atoms with Gasteiger partial charge in [-0.25, -0.2) is 0 Å². The summed E-state index contributed by atoms with van der Waals surface area (Å²) in [5.41, 5.74) is 5.98. The lowest BCUT2D eigenvalue weighted by atomic mass is 10.1. The van der Waals surface area contributed by atoms with Crippen LogP contribution >= 0.6 is 0 Å². The third-order valence-corrected chi connectivity index (χ3v) is 3.14. The van der Waals surface area contributed by atoms with E-state index < -0.39 is 0 Å². The Morgan fingerprint density at radius 2 is 2.30 bits per heavy atom. The van der Waals surface area contributed by atoms with Crippen LogP contribution in [0.25, 0.3) is 0 Å². The summed E-state index contributed by atoms with van der Waals surface area (Å²) in [6.45, 7) is 7.15. The van der Waals surface area contributed by atoms with Crippen molar-refractivity contribution in [3.63, 3.8) is 0 Å². The fourth-order valence-electron chi connectivity index (χ4n) is 2.48. The highest BCUT2D eigenvalue weighted by molar-refractivity contribution is 5.78. The Morgan fingerprint density at radius 3 is 2.95 bits per heavy atom. The van der Waals surface area contributed by atoms with Gasteiger partial charge in [-0.05, 0) is 32.9 Å². The van der Waals surface area contributed by atoms with E-state index in [9.17, 15) is 4.79 Å². The maximum Gasteiger partial charge on any atom is 0.260 e. The Kier molecular flexibility index (Phi) is 4.18. The predicted octanol–water partition coefficient (Wildman–Crippen LogP) is 1.67. The summed E-state index contributed by atoms with van der Waals surface area (Å²) in [4.78, 5) is 14.0.